The van der Waals surface area contributed by atoms with Gasteiger partial charge in [-0.2, -0.15) is 5.10 Å². The summed E-state index contributed by atoms with van der Waals surface area (Å²) in [6, 6.07) is 12.0. The van der Waals surface area contributed by atoms with Gasteiger partial charge in [-0.1, -0.05) is 30.3 Å². The van der Waals surface area contributed by atoms with E-state index in [9.17, 15) is 4.79 Å². The topological polar surface area (TPSA) is 71.8 Å². The van der Waals surface area contributed by atoms with Gasteiger partial charge in [-0.15, -0.1) is 11.3 Å². The lowest BCUT2D eigenvalue weighted by atomic mass is 9.87. The van der Waals surface area contributed by atoms with Gasteiger partial charge in [0.15, 0.2) is 0 Å². The van der Waals surface area contributed by atoms with Gasteiger partial charge in [0.25, 0.3) is 0 Å². The highest BCUT2D eigenvalue weighted by Crippen LogP contribution is 2.29. The summed E-state index contributed by atoms with van der Waals surface area (Å²) >= 11 is 1.64. The number of piperidine rings is 1. The maximum atomic E-state index is 13.2. The van der Waals surface area contributed by atoms with E-state index < -0.39 is 5.54 Å². The molecule has 2 N–H and O–H groups in total. The van der Waals surface area contributed by atoms with Gasteiger partial charge in [-0.3, -0.25) is 9.48 Å². The molecule has 6 nitrogen and oxygen atoms in total. The second-order valence-corrected chi connectivity index (χ2v) is 7.89. The van der Waals surface area contributed by atoms with Crippen LogP contribution in [0.4, 0.5) is 0 Å². The molecule has 0 aliphatic carbocycles. The van der Waals surface area contributed by atoms with Crippen molar-refractivity contribution >= 4 is 17.2 Å². The van der Waals surface area contributed by atoms with Crippen molar-refractivity contribution in [3.63, 3.8) is 0 Å². The molecule has 4 rings (SSSR count). The standard InChI is InChI=1S/C20H23N5OS/c1-15-17(27-18(24-15)16-6-3-2-4-7-16)14-22-19(26)20(8-11-21-12-9-20)25-13-5-10-23-25/h2-7,10,13,21H,8-9,11-12,14H2,1H3,(H,22,26). The molecule has 3 aromatic rings. The van der Waals surface area contributed by atoms with E-state index in [1.54, 1.807) is 17.5 Å². The van der Waals surface area contributed by atoms with Gasteiger partial charge in [-0.05, 0) is 38.9 Å². The van der Waals surface area contributed by atoms with Crippen LogP contribution in [0.25, 0.3) is 10.6 Å². The molecule has 0 atom stereocenters. The Bertz CT molecular complexity index is 898. The Kier molecular flexibility index (Phi) is 5.05. The van der Waals surface area contributed by atoms with Gasteiger partial charge >= 0.3 is 0 Å². The molecule has 0 bridgehead atoms. The van der Waals surface area contributed by atoms with Crippen molar-refractivity contribution in [2.45, 2.75) is 31.8 Å². The molecule has 1 fully saturated rings. The molecule has 1 saturated heterocycles. The van der Waals surface area contributed by atoms with Crippen LogP contribution in [0.15, 0.2) is 48.8 Å². The summed E-state index contributed by atoms with van der Waals surface area (Å²) < 4.78 is 1.82. The third-order valence-electron chi connectivity index (χ3n) is 5.12. The smallest absolute Gasteiger partial charge is 0.248 e. The number of aromatic nitrogens is 3. The zero-order valence-corrected chi connectivity index (χ0v) is 16.1. The van der Waals surface area contributed by atoms with E-state index in [4.69, 9.17) is 0 Å². The van der Waals surface area contributed by atoms with Crippen molar-refractivity contribution in [2.75, 3.05) is 13.1 Å². The van der Waals surface area contributed by atoms with Gasteiger partial charge in [0.05, 0.1) is 12.2 Å². The number of benzene rings is 1. The van der Waals surface area contributed by atoms with Gasteiger partial charge in [0.1, 0.15) is 10.5 Å². The van der Waals surface area contributed by atoms with Gasteiger partial charge in [0, 0.05) is 22.8 Å². The van der Waals surface area contributed by atoms with Crippen molar-refractivity contribution in [1.82, 2.24) is 25.4 Å². The van der Waals surface area contributed by atoms with Crippen LogP contribution >= 0.6 is 11.3 Å². The molecule has 1 aromatic carbocycles. The molecule has 0 radical (unpaired) electrons. The lowest BCUT2D eigenvalue weighted by Gasteiger charge is -2.36. The zero-order chi connectivity index (χ0) is 18.7. The second kappa shape index (κ2) is 7.62. The summed E-state index contributed by atoms with van der Waals surface area (Å²) in [6.07, 6.45) is 5.09. The Balaban J connectivity index is 1.51. The first-order valence-electron chi connectivity index (χ1n) is 9.20. The molecule has 0 unspecified atom stereocenters. The zero-order valence-electron chi connectivity index (χ0n) is 15.3. The number of hydrogen-bond acceptors (Lipinski definition) is 5. The first-order chi connectivity index (χ1) is 13.2. The van der Waals surface area contributed by atoms with E-state index in [1.807, 2.05) is 42.1 Å². The number of hydrogen-bond donors (Lipinski definition) is 2. The monoisotopic (exact) mass is 381 g/mol. The van der Waals surface area contributed by atoms with Crippen LogP contribution in [-0.4, -0.2) is 33.8 Å². The van der Waals surface area contributed by atoms with Crippen LogP contribution in [0.5, 0.6) is 0 Å². The van der Waals surface area contributed by atoms with Crippen LogP contribution < -0.4 is 10.6 Å². The number of aryl methyl sites for hydroxylation is 1. The highest BCUT2D eigenvalue weighted by atomic mass is 32.1. The summed E-state index contributed by atoms with van der Waals surface area (Å²) in [6.45, 7) is 4.11. The largest absolute Gasteiger partial charge is 0.349 e. The van der Waals surface area contributed by atoms with E-state index in [0.29, 0.717) is 6.54 Å². The van der Waals surface area contributed by atoms with Crippen molar-refractivity contribution in [3.05, 3.63) is 59.4 Å². The van der Waals surface area contributed by atoms with E-state index in [2.05, 4.69) is 32.8 Å². The quantitative estimate of drug-likeness (QED) is 0.713. The average Bonchev–Trinajstić information content (AvgIpc) is 3.38. The minimum absolute atomic E-state index is 0.0294. The lowest BCUT2D eigenvalue weighted by molar-refractivity contribution is -0.132. The number of rotatable bonds is 5. The fraction of sp³-hybridized carbons (Fsp3) is 0.350. The Morgan fingerprint density at radius 2 is 2.04 bits per heavy atom. The number of nitrogens with one attached hydrogen (secondary N) is 2. The van der Waals surface area contributed by atoms with Crippen LogP contribution in [0, 0.1) is 6.92 Å². The SMILES string of the molecule is Cc1nc(-c2ccccc2)sc1CNC(=O)C1(n2cccn2)CCNCC1. The number of thiazole rings is 1. The fourth-order valence-electron chi connectivity index (χ4n) is 3.54. The maximum absolute atomic E-state index is 13.2. The second-order valence-electron chi connectivity index (χ2n) is 6.81. The molecule has 1 aliphatic heterocycles. The Morgan fingerprint density at radius 1 is 1.26 bits per heavy atom. The summed E-state index contributed by atoms with van der Waals surface area (Å²) in [5.74, 6) is 0.0294. The Morgan fingerprint density at radius 3 is 2.74 bits per heavy atom. The summed E-state index contributed by atoms with van der Waals surface area (Å²) in [7, 11) is 0. The van der Waals surface area contributed by atoms with Crippen LogP contribution in [0.3, 0.4) is 0 Å². The summed E-state index contributed by atoms with van der Waals surface area (Å²) in [4.78, 5) is 18.9. The number of carbonyl (C=O) groups excluding carboxylic acids is 1. The van der Waals surface area contributed by atoms with E-state index in [0.717, 1.165) is 47.1 Å². The first kappa shape index (κ1) is 17.9. The Hall–Kier alpha value is -2.51. The maximum Gasteiger partial charge on any atom is 0.248 e. The Labute approximate surface area is 162 Å². The third kappa shape index (κ3) is 3.52. The molecule has 7 heteroatoms. The minimum atomic E-state index is -0.615. The number of nitrogens with zero attached hydrogens (tertiary/aromatic N) is 3. The van der Waals surface area contributed by atoms with Crippen molar-refractivity contribution in [2.24, 2.45) is 0 Å². The van der Waals surface area contributed by atoms with E-state index >= 15 is 0 Å². The third-order valence-corrected chi connectivity index (χ3v) is 6.33. The normalized spacial score (nSPS) is 16.2. The molecular weight excluding hydrogens is 358 g/mol. The molecule has 3 heterocycles. The molecule has 2 aromatic heterocycles. The van der Waals surface area contributed by atoms with Gasteiger partial charge in [0.2, 0.25) is 5.91 Å². The van der Waals surface area contributed by atoms with Crippen LogP contribution in [-0.2, 0) is 16.9 Å². The molecule has 0 spiro atoms. The average molecular weight is 382 g/mol. The predicted octanol–water partition coefficient (Wildman–Crippen LogP) is 2.71. The lowest BCUT2D eigenvalue weighted by Crippen LogP contribution is -2.54. The highest BCUT2D eigenvalue weighted by molar-refractivity contribution is 7.15. The van der Waals surface area contributed by atoms with Gasteiger partial charge < -0.3 is 10.6 Å². The van der Waals surface area contributed by atoms with Crippen molar-refractivity contribution < 1.29 is 4.79 Å². The van der Waals surface area contributed by atoms with E-state index in [1.165, 1.54) is 0 Å². The molecular formula is C20H23N5OS. The fourth-order valence-corrected chi connectivity index (χ4v) is 4.55. The molecule has 27 heavy (non-hydrogen) atoms. The van der Waals surface area contributed by atoms with Crippen LogP contribution in [0.1, 0.15) is 23.4 Å². The van der Waals surface area contributed by atoms with Crippen molar-refractivity contribution in [3.8, 4) is 10.6 Å². The minimum Gasteiger partial charge on any atom is -0.349 e. The summed E-state index contributed by atoms with van der Waals surface area (Å²) in [5.41, 5.74) is 1.46. The first-order valence-corrected chi connectivity index (χ1v) is 10.0. The predicted molar refractivity (Wildman–Crippen MR) is 106 cm³/mol. The van der Waals surface area contributed by atoms with E-state index in [-0.39, 0.29) is 5.91 Å². The molecule has 1 amide bonds. The van der Waals surface area contributed by atoms with Gasteiger partial charge in [-0.25, -0.2) is 4.98 Å². The number of carbonyl (C=O) groups is 1. The highest BCUT2D eigenvalue weighted by Gasteiger charge is 2.41. The summed E-state index contributed by atoms with van der Waals surface area (Å²) in [5, 5.41) is 11.8. The molecule has 140 valence electrons. The molecule has 0 saturated carbocycles. The van der Waals surface area contributed by atoms with Crippen molar-refractivity contribution in [1.29, 1.82) is 0 Å². The van der Waals surface area contributed by atoms with Crippen LogP contribution in [0.2, 0.25) is 0 Å². The number of amides is 1. The molecule has 1 aliphatic rings.